The van der Waals surface area contributed by atoms with Crippen molar-refractivity contribution in [2.24, 2.45) is 0 Å². The first kappa shape index (κ1) is 21.3. The van der Waals surface area contributed by atoms with Crippen LogP contribution in [-0.2, 0) is 10.0 Å². The monoisotopic (exact) mass is 419 g/mol. The maximum absolute atomic E-state index is 12.7. The summed E-state index contributed by atoms with van der Waals surface area (Å²) < 4.78 is 39.3. The number of benzene rings is 2. The van der Waals surface area contributed by atoms with Gasteiger partial charge in [0.15, 0.2) is 0 Å². The Morgan fingerprint density at radius 2 is 1.86 bits per heavy atom. The zero-order valence-corrected chi connectivity index (χ0v) is 18.4. The van der Waals surface area contributed by atoms with Gasteiger partial charge in [-0.05, 0) is 64.3 Å². The molecule has 1 aliphatic rings. The maximum atomic E-state index is 12.7. The molecule has 0 spiro atoms. The van der Waals surface area contributed by atoms with Crippen molar-refractivity contribution in [3.05, 3.63) is 42.5 Å². The number of nitrogens with zero attached hydrogens (tertiary/aromatic N) is 2. The van der Waals surface area contributed by atoms with Gasteiger partial charge in [-0.25, -0.2) is 8.42 Å². The summed E-state index contributed by atoms with van der Waals surface area (Å²) in [4.78, 5) is 4.59. The molecular weight excluding hydrogens is 390 g/mol. The van der Waals surface area contributed by atoms with E-state index < -0.39 is 10.0 Å². The number of rotatable bonds is 7. The van der Waals surface area contributed by atoms with Crippen LogP contribution in [0.4, 0.5) is 11.4 Å². The topological polar surface area (TPSA) is 71.1 Å². The minimum atomic E-state index is -3.71. The quantitative estimate of drug-likeness (QED) is 0.744. The number of fused-ring (bicyclic) bond motifs is 1. The molecule has 158 valence electrons. The average molecular weight is 420 g/mol. The molecule has 0 atom stereocenters. The fraction of sp³-hybridized carbons (Fsp3) is 0.429. The molecule has 2 aromatic rings. The van der Waals surface area contributed by atoms with E-state index in [9.17, 15) is 8.42 Å². The summed E-state index contributed by atoms with van der Waals surface area (Å²) >= 11 is 0. The Labute approximate surface area is 173 Å². The van der Waals surface area contributed by atoms with Crippen LogP contribution in [0.25, 0.3) is 0 Å². The van der Waals surface area contributed by atoms with E-state index >= 15 is 0 Å². The largest absolute Gasteiger partial charge is 0.497 e. The van der Waals surface area contributed by atoms with E-state index in [0.717, 1.165) is 25.3 Å². The van der Waals surface area contributed by atoms with Crippen molar-refractivity contribution in [3.8, 4) is 11.5 Å². The second kappa shape index (κ2) is 8.12. The summed E-state index contributed by atoms with van der Waals surface area (Å²) in [5.41, 5.74) is 1.07. The van der Waals surface area contributed by atoms with Crippen LogP contribution < -0.4 is 19.1 Å². The Kier molecular flexibility index (Phi) is 5.95. The summed E-state index contributed by atoms with van der Waals surface area (Å²) in [5.74, 6) is 1.28. The second-order valence-electron chi connectivity index (χ2n) is 8.05. The number of ether oxygens (including phenoxy) is 2. The summed E-state index contributed by atoms with van der Waals surface area (Å²) in [6.07, 6.45) is 0. The minimum Gasteiger partial charge on any atom is -0.497 e. The number of methoxy groups -OCH3 is 1. The molecule has 0 unspecified atom stereocenters. The van der Waals surface area contributed by atoms with Gasteiger partial charge in [-0.15, -0.1) is 0 Å². The molecule has 2 aromatic carbocycles. The molecule has 7 nitrogen and oxygen atoms in total. The van der Waals surface area contributed by atoms with Crippen LogP contribution in [0.2, 0.25) is 0 Å². The van der Waals surface area contributed by atoms with Gasteiger partial charge in [0.25, 0.3) is 10.0 Å². The fourth-order valence-corrected chi connectivity index (χ4v) is 4.33. The van der Waals surface area contributed by atoms with Gasteiger partial charge in [0.2, 0.25) is 0 Å². The summed E-state index contributed by atoms with van der Waals surface area (Å²) in [6.45, 7) is 6.62. The fourth-order valence-electron chi connectivity index (χ4n) is 3.28. The Hall–Kier alpha value is -2.45. The van der Waals surface area contributed by atoms with Crippen LogP contribution in [0.15, 0.2) is 47.4 Å². The van der Waals surface area contributed by atoms with Crippen LogP contribution in [0.3, 0.4) is 0 Å². The van der Waals surface area contributed by atoms with E-state index in [1.165, 1.54) is 19.2 Å². The summed E-state index contributed by atoms with van der Waals surface area (Å²) in [5, 5.41) is 0. The van der Waals surface area contributed by atoms with E-state index in [1.807, 2.05) is 34.0 Å². The molecule has 8 heteroatoms. The number of hydrogen-bond donors (Lipinski definition) is 1. The highest BCUT2D eigenvalue weighted by atomic mass is 32.2. The average Bonchev–Trinajstić information content (AvgIpc) is 2.64. The lowest BCUT2D eigenvalue weighted by Gasteiger charge is -2.41. The molecule has 1 aliphatic heterocycles. The smallest absolute Gasteiger partial charge is 0.261 e. The first-order valence-electron chi connectivity index (χ1n) is 9.49. The van der Waals surface area contributed by atoms with Gasteiger partial charge < -0.3 is 19.3 Å². The van der Waals surface area contributed by atoms with Crippen molar-refractivity contribution >= 4 is 21.4 Å². The van der Waals surface area contributed by atoms with Crippen LogP contribution in [0.1, 0.15) is 13.8 Å². The maximum Gasteiger partial charge on any atom is 0.261 e. The van der Waals surface area contributed by atoms with Crippen molar-refractivity contribution in [1.82, 2.24) is 4.90 Å². The highest BCUT2D eigenvalue weighted by Crippen LogP contribution is 2.39. The third-order valence-electron chi connectivity index (χ3n) is 4.70. The molecule has 0 aliphatic carbocycles. The van der Waals surface area contributed by atoms with E-state index in [1.54, 1.807) is 24.3 Å². The normalized spacial score (nSPS) is 15.6. The molecule has 0 radical (unpaired) electrons. The lowest BCUT2D eigenvalue weighted by molar-refractivity contribution is 0.104. The van der Waals surface area contributed by atoms with Gasteiger partial charge in [0.05, 0.1) is 29.9 Å². The first-order valence-corrected chi connectivity index (χ1v) is 11.0. The minimum absolute atomic E-state index is 0.171. The van der Waals surface area contributed by atoms with Gasteiger partial charge in [0.1, 0.15) is 17.1 Å². The molecule has 1 heterocycles. The number of hydrogen-bond acceptors (Lipinski definition) is 6. The SMILES string of the molecule is COc1ccc(S(=O)(=O)Nc2ccc3c(c2)OC(C)(C)CN3CCN(C)C)cc1. The van der Waals surface area contributed by atoms with Gasteiger partial charge >= 0.3 is 0 Å². The number of nitrogens with one attached hydrogen (secondary N) is 1. The Bertz CT molecular complexity index is 956. The number of likely N-dealkylation sites (N-methyl/N-ethyl adjacent to an activating group) is 1. The van der Waals surface area contributed by atoms with Gasteiger partial charge in [0, 0.05) is 19.2 Å². The zero-order chi connectivity index (χ0) is 21.2. The molecule has 0 aromatic heterocycles. The van der Waals surface area contributed by atoms with Gasteiger partial charge in [-0.1, -0.05) is 0 Å². The van der Waals surface area contributed by atoms with E-state index in [4.69, 9.17) is 9.47 Å². The predicted molar refractivity (Wildman–Crippen MR) is 116 cm³/mol. The molecule has 0 saturated heterocycles. The number of sulfonamides is 1. The molecule has 3 rings (SSSR count). The van der Waals surface area contributed by atoms with Crippen LogP contribution in [0.5, 0.6) is 11.5 Å². The van der Waals surface area contributed by atoms with Gasteiger partial charge in [-0.2, -0.15) is 0 Å². The lowest BCUT2D eigenvalue weighted by Crippen LogP contribution is -2.48. The highest BCUT2D eigenvalue weighted by Gasteiger charge is 2.32. The molecule has 0 saturated carbocycles. The molecular formula is C21H29N3O4S. The van der Waals surface area contributed by atoms with E-state index in [2.05, 4.69) is 14.5 Å². The van der Waals surface area contributed by atoms with Crippen molar-refractivity contribution in [1.29, 1.82) is 0 Å². The molecule has 1 N–H and O–H groups in total. The first-order chi connectivity index (χ1) is 13.6. The van der Waals surface area contributed by atoms with Crippen molar-refractivity contribution < 1.29 is 17.9 Å². The van der Waals surface area contributed by atoms with E-state index in [-0.39, 0.29) is 10.5 Å². The molecule has 0 amide bonds. The van der Waals surface area contributed by atoms with Crippen LogP contribution in [-0.4, -0.2) is 59.8 Å². The Morgan fingerprint density at radius 3 is 2.48 bits per heavy atom. The lowest BCUT2D eigenvalue weighted by atomic mass is 10.0. The third kappa shape index (κ3) is 5.13. The molecule has 0 fully saturated rings. The van der Waals surface area contributed by atoms with Crippen LogP contribution in [0, 0.1) is 0 Å². The molecule has 29 heavy (non-hydrogen) atoms. The van der Waals surface area contributed by atoms with Crippen molar-refractivity contribution in [2.45, 2.75) is 24.3 Å². The molecule has 0 bridgehead atoms. The highest BCUT2D eigenvalue weighted by molar-refractivity contribution is 7.92. The predicted octanol–water partition coefficient (Wildman–Crippen LogP) is 3.04. The Morgan fingerprint density at radius 1 is 1.17 bits per heavy atom. The van der Waals surface area contributed by atoms with Crippen molar-refractivity contribution in [2.75, 3.05) is 50.5 Å². The summed E-state index contributed by atoms with van der Waals surface area (Å²) in [7, 11) is 1.92. The zero-order valence-electron chi connectivity index (χ0n) is 17.6. The number of anilines is 2. The van der Waals surface area contributed by atoms with Crippen molar-refractivity contribution in [3.63, 3.8) is 0 Å². The third-order valence-corrected chi connectivity index (χ3v) is 6.09. The Balaban J connectivity index is 1.85. The van der Waals surface area contributed by atoms with E-state index in [0.29, 0.717) is 17.2 Å². The van der Waals surface area contributed by atoms with Crippen LogP contribution >= 0.6 is 0 Å². The standard InChI is InChI=1S/C21H29N3O4S/c1-21(2)15-24(13-12-23(3)4)19-11-6-16(14-20(19)28-21)22-29(25,26)18-9-7-17(27-5)8-10-18/h6-11,14,22H,12-13,15H2,1-5H3. The van der Waals surface area contributed by atoms with Gasteiger partial charge in [-0.3, -0.25) is 4.72 Å². The second-order valence-corrected chi connectivity index (χ2v) is 9.73. The summed E-state index contributed by atoms with van der Waals surface area (Å²) in [6, 6.07) is 11.7.